The van der Waals surface area contributed by atoms with Gasteiger partial charge in [0.15, 0.2) is 0 Å². The first-order chi connectivity index (χ1) is 6.77. The molecule has 2 aromatic rings. The highest BCUT2D eigenvalue weighted by atomic mass is 79.9. The van der Waals surface area contributed by atoms with E-state index in [1.54, 1.807) is 24.3 Å². The zero-order valence-electron chi connectivity index (χ0n) is 7.11. The van der Waals surface area contributed by atoms with E-state index in [0.717, 1.165) is 0 Å². The van der Waals surface area contributed by atoms with Gasteiger partial charge >= 0.3 is 0 Å². The fraction of sp³-hybridized carbons (Fsp3) is 0. The van der Waals surface area contributed by atoms with Crippen molar-refractivity contribution in [2.75, 3.05) is 0 Å². The Kier molecular flexibility index (Phi) is 2.54. The maximum Gasteiger partial charge on any atom is 0.132 e. The van der Waals surface area contributed by atoms with E-state index in [-0.39, 0.29) is 5.82 Å². The van der Waals surface area contributed by atoms with Gasteiger partial charge in [-0.1, -0.05) is 12.1 Å². The Bertz CT molecular complexity index is 459. The van der Waals surface area contributed by atoms with Crippen LogP contribution in [-0.4, -0.2) is 9.97 Å². The molecule has 70 valence electrons. The smallest absolute Gasteiger partial charge is 0.132 e. The Balaban J connectivity index is 2.55. The summed E-state index contributed by atoms with van der Waals surface area (Å²) >= 11 is 3.21. The molecule has 0 saturated heterocycles. The molecule has 0 aliphatic rings. The van der Waals surface area contributed by atoms with Crippen LogP contribution < -0.4 is 0 Å². The van der Waals surface area contributed by atoms with Crippen LogP contribution in [0, 0.1) is 5.82 Å². The van der Waals surface area contributed by atoms with Gasteiger partial charge in [0.25, 0.3) is 0 Å². The van der Waals surface area contributed by atoms with Gasteiger partial charge in [-0.15, -0.1) is 0 Å². The first kappa shape index (κ1) is 9.27. The van der Waals surface area contributed by atoms with Crippen molar-refractivity contribution in [3.05, 3.63) is 47.1 Å². The van der Waals surface area contributed by atoms with Gasteiger partial charge in [-0.05, 0) is 34.1 Å². The molecule has 2 rings (SSSR count). The minimum Gasteiger partial charge on any atom is -0.236 e. The van der Waals surface area contributed by atoms with E-state index in [2.05, 4.69) is 25.9 Å². The maximum atomic E-state index is 13.3. The van der Waals surface area contributed by atoms with Crippen LogP contribution in [-0.2, 0) is 0 Å². The first-order valence-electron chi connectivity index (χ1n) is 4.00. The molecule has 4 heteroatoms. The van der Waals surface area contributed by atoms with Crippen LogP contribution in [0.2, 0.25) is 0 Å². The highest BCUT2D eigenvalue weighted by molar-refractivity contribution is 9.10. The predicted molar refractivity (Wildman–Crippen MR) is 55.1 cm³/mol. The number of rotatable bonds is 1. The molecule has 0 aliphatic heterocycles. The zero-order chi connectivity index (χ0) is 9.97. The van der Waals surface area contributed by atoms with Crippen LogP contribution in [0.4, 0.5) is 4.39 Å². The summed E-state index contributed by atoms with van der Waals surface area (Å²) in [6.45, 7) is 0. The summed E-state index contributed by atoms with van der Waals surface area (Å²) < 4.78 is 14.0. The third-order valence-electron chi connectivity index (χ3n) is 1.78. The molecular weight excluding hydrogens is 247 g/mol. The van der Waals surface area contributed by atoms with E-state index in [1.165, 1.54) is 12.4 Å². The summed E-state index contributed by atoms with van der Waals surface area (Å²) in [7, 11) is 0. The highest BCUT2D eigenvalue weighted by Gasteiger charge is 2.05. The second kappa shape index (κ2) is 3.84. The molecule has 2 nitrogen and oxygen atoms in total. The molecule has 1 aromatic carbocycles. The summed E-state index contributed by atoms with van der Waals surface area (Å²) in [4.78, 5) is 7.87. The molecule has 1 heterocycles. The van der Waals surface area contributed by atoms with Crippen LogP contribution in [0.25, 0.3) is 11.3 Å². The van der Waals surface area contributed by atoms with Crippen LogP contribution >= 0.6 is 15.9 Å². The van der Waals surface area contributed by atoms with Crippen molar-refractivity contribution in [2.24, 2.45) is 0 Å². The molecule has 0 fully saturated rings. The molecule has 0 aliphatic carbocycles. The predicted octanol–water partition coefficient (Wildman–Crippen LogP) is 3.05. The summed E-state index contributed by atoms with van der Waals surface area (Å²) in [5, 5.41) is 0. The normalized spacial score (nSPS) is 10.1. The lowest BCUT2D eigenvalue weighted by atomic mass is 10.1. The average Bonchev–Trinajstić information content (AvgIpc) is 2.18. The van der Waals surface area contributed by atoms with Crippen LogP contribution in [0.15, 0.2) is 41.3 Å². The van der Waals surface area contributed by atoms with Gasteiger partial charge in [0.2, 0.25) is 0 Å². The van der Waals surface area contributed by atoms with Crippen LogP contribution in [0.3, 0.4) is 0 Å². The number of hydrogen-bond donors (Lipinski definition) is 0. The molecule has 14 heavy (non-hydrogen) atoms. The van der Waals surface area contributed by atoms with Gasteiger partial charge in [0.1, 0.15) is 16.7 Å². The number of hydrogen-bond acceptors (Lipinski definition) is 2. The second-order valence-electron chi connectivity index (χ2n) is 2.71. The molecule has 0 atom stereocenters. The monoisotopic (exact) mass is 252 g/mol. The van der Waals surface area contributed by atoms with Gasteiger partial charge < -0.3 is 0 Å². The van der Waals surface area contributed by atoms with Crippen molar-refractivity contribution in [3.63, 3.8) is 0 Å². The van der Waals surface area contributed by atoms with Gasteiger partial charge in [-0.25, -0.2) is 14.4 Å². The van der Waals surface area contributed by atoms with Crippen LogP contribution in [0.1, 0.15) is 0 Å². The van der Waals surface area contributed by atoms with Crippen molar-refractivity contribution in [1.29, 1.82) is 0 Å². The molecule has 0 saturated carbocycles. The van der Waals surface area contributed by atoms with Gasteiger partial charge in [0, 0.05) is 5.56 Å². The lowest BCUT2D eigenvalue weighted by Gasteiger charge is -2.01. The zero-order valence-corrected chi connectivity index (χ0v) is 8.70. The summed E-state index contributed by atoms with van der Waals surface area (Å²) in [6.07, 6.45) is 1.39. The van der Waals surface area contributed by atoms with E-state index < -0.39 is 0 Å². The van der Waals surface area contributed by atoms with Crippen molar-refractivity contribution in [2.45, 2.75) is 0 Å². The topological polar surface area (TPSA) is 25.8 Å². The standard InChI is InChI=1S/C10H6BrFN2/c11-10-5-9(13-6-14-10)7-3-1-2-4-8(7)12/h1-6H. The summed E-state index contributed by atoms with van der Waals surface area (Å²) in [5.41, 5.74) is 1.06. The fourth-order valence-electron chi connectivity index (χ4n) is 1.15. The van der Waals surface area contributed by atoms with E-state index in [4.69, 9.17) is 0 Å². The van der Waals surface area contributed by atoms with E-state index in [1.807, 2.05) is 0 Å². The van der Waals surface area contributed by atoms with E-state index >= 15 is 0 Å². The summed E-state index contributed by atoms with van der Waals surface area (Å²) in [5.74, 6) is -0.280. The summed E-state index contributed by atoms with van der Waals surface area (Å²) in [6, 6.07) is 8.19. The van der Waals surface area contributed by atoms with Crippen molar-refractivity contribution < 1.29 is 4.39 Å². The highest BCUT2D eigenvalue weighted by Crippen LogP contribution is 2.21. The minimum absolute atomic E-state index is 0.280. The SMILES string of the molecule is Fc1ccccc1-c1cc(Br)ncn1. The average molecular weight is 253 g/mol. The number of nitrogens with zero attached hydrogens (tertiary/aromatic N) is 2. The Labute approximate surface area is 89.0 Å². The molecule has 0 bridgehead atoms. The van der Waals surface area contributed by atoms with E-state index in [9.17, 15) is 4.39 Å². The van der Waals surface area contributed by atoms with Crippen molar-refractivity contribution in [3.8, 4) is 11.3 Å². The quantitative estimate of drug-likeness (QED) is 0.730. The third kappa shape index (κ3) is 1.80. The molecular formula is C10H6BrFN2. The fourth-order valence-corrected chi connectivity index (χ4v) is 1.46. The van der Waals surface area contributed by atoms with Crippen LogP contribution in [0.5, 0.6) is 0 Å². The number of halogens is 2. The number of aromatic nitrogens is 2. The van der Waals surface area contributed by atoms with Gasteiger partial charge in [-0.2, -0.15) is 0 Å². The second-order valence-corrected chi connectivity index (χ2v) is 3.52. The molecule has 0 spiro atoms. The van der Waals surface area contributed by atoms with E-state index in [0.29, 0.717) is 15.9 Å². The Morgan fingerprint density at radius 3 is 2.64 bits per heavy atom. The number of benzene rings is 1. The lowest BCUT2D eigenvalue weighted by Crippen LogP contribution is -1.88. The molecule has 1 aromatic heterocycles. The van der Waals surface area contributed by atoms with Crippen molar-refractivity contribution in [1.82, 2.24) is 9.97 Å². The Morgan fingerprint density at radius 2 is 1.93 bits per heavy atom. The molecule has 0 N–H and O–H groups in total. The molecule has 0 unspecified atom stereocenters. The molecule has 0 amide bonds. The van der Waals surface area contributed by atoms with Gasteiger partial charge in [0.05, 0.1) is 5.69 Å². The Morgan fingerprint density at radius 1 is 1.14 bits per heavy atom. The van der Waals surface area contributed by atoms with Gasteiger partial charge in [-0.3, -0.25) is 0 Å². The first-order valence-corrected chi connectivity index (χ1v) is 4.79. The molecule has 0 radical (unpaired) electrons. The minimum atomic E-state index is -0.280. The lowest BCUT2D eigenvalue weighted by molar-refractivity contribution is 0.630. The third-order valence-corrected chi connectivity index (χ3v) is 2.22. The van der Waals surface area contributed by atoms with Crippen molar-refractivity contribution >= 4 is 15.9 Å². The largest absolute Gasteiger partial charge is 0.236 e. The maximum absolute atomic E-state index is 13.3. The Hall–Kier alpha value is -1.29.